The number of hydrogen-bond donors (Lipinski definition) is 1. The maximum absolute atomic E-state index is 5.36. The van der Waals surface area contributed by atoms with Gasteiger partial charge in [-0.25, -0.2) is 4.98 Å². The van der Waals surface area contributed by atoms with Gasteiger partial charge in [-0.1, -0.05) is 12.1 Å². The average molecular weight is 282 g/mol. The van der Waals surface area contributed by atoms with Crippen LogP contribution >= 0.6 is 0 Å². The lowest BCUT2D eigenvalue weighted by molar-refractivity contribution is 0.416. The number of aromatic nitrogens is 5. The van der Waals surface area contributed by atoms with Gasteiger partial charge in [0.25, 0.3) is 0 Å². The van der Waals surface area contributed by atoms with E-state index in [1.54, 1.807) is 37.4 Å². The molecule has 106 valence electrons. The van der Waals surface area contributed by atoms with E-state index in [0.717, 1.165) is 5.56 Å². The molecule has 0 saturated heterocycles. The molecule has 0 amide bonds. The van der Waals surface area contributed by atoms with E-state index in [2.05, 4.69) is 25.3 Å². The monoisotopic (exact) mass is 282 g/mol. The van der Waals surface area contributed by atoms with Gasteiger partial charge in [0.15, 0.2) is 5.82 Å². The van der Waals surface area contributed by atoms with Gasteiger partial charge >= 0.3 is 0 Å². The molecule has 0 fully saturated rings. The SMILES string of the molecule is CNc1nc(-c2ccccc2OC)nc(-n2ccnc2)n1. The Labute approximate surface area is 121 Å². The minimum Gasteiger partial charge on any atom is -0.496 e. The van der Waals surface area contributed by atoms with Crippen LogP contribution in [-0.4, -0.2) is 38.7 Å². The quantitative estimate of drug-likeness (QED) is 0.786. The molecule has 7 nitrogen and oxygen atoms in total. The summed E-state index contributed by atoms with van der Waals surface area (Å²) < 4.78 is 7.09. The number of anilines is 1. The zero-order chi connectivity index (χ0) is 14.7. The number of methoxy groups -OCH3 is 1. The number of hydrogen-bond acceptors (Lipinski definition) is 6. The summed E-state index contributed by atoms with van der Waals surface area (Å²) >= 11 is 0. The highest BCUT2D eigenvalue weighted by Gasteiger charge is 2.12. The second-order valence-corrected chi connectivity index (χ2v) is 4.20. The maximum Gasteiger partial charge on any atom is 0.240 e. The van der Waals surface area contributed by atoms with E-state index in [1.807, 2.05) is 24.3 Å². The Morgan fingerprint density at radius 3 is 2.71 bits per heavy atom. The first kappa shape index (κ1) is 13.0. The van der Waals surface area contributed by atoms with E-state index in [-0.39, 0.29) is 0 Å². The van der Waals surface area contributed by atoms with Crippen LogP contribution in [0.4, 0.5) is 5.95 Å². The summed E-state index contributed by atoms with van der Waals surface area (Å²) in [7, 11) is 3.38. The maximum atomic E-state index is 5.36. The third kappa shape index (κ3) is 2.53. The van der Waals surface area contributed by atoms with Crippen LogP contribution in [0.25, 0.3) is 17.3 Å². The number of rotatable bonds is 4. The number of benzene rings is 1. The molecule has 0 atom stereocenters. The molecular formula is C14H14N6O. The van der Waals surface area contributed by atoms with Crippen molar-refractivity contribution < 1.29 is 4.74 Å². The van der Waals surface area contributed by atoms with Crippen molar-refractivity contribution in [2.24, 2.45) is 0 Å². The molecule has 0 aliphatic heterocycles. The number of nitrogens with one attached hydrogen (secondary N) is 1. The molecule has 7 heteroatoms. The molecule has 0 unspecified atom stereocenters. The third-order valence-corrected chi connectivity index (χ3v) is 2.93. The van der Waals surface area contributed by atoms with Crippen LogP contribution in [0.2, 0.25) is 0 Å². The van der Waals surface area contributed by atoms with Crippen LogP contribution in [0.5, 0.6) is 5.75 Å². The van der Waals surface area contributed by atoms with Gasteiger partial charge in [0.2, 0.25) is 11.9 Å². The van der Waals surface area contributed by atoms with Crippen molar-refractivity contribution in [3.05, 3.63) is 43.0 Å². The molecule has 0 saturated carbocycles. The van der Waals surface area contributed by atoms with Crippen molar-refractivity contribution in [2.75, 3.05) is 19.5 Å². The van der Waals surface area contributed by atoms with Crippen LogP contribution in [-0.2, 0) is 0 Å². The second-order valence-electron chi connectivity index (χ2n) is 4.20. The minimum atomic E-state index is 0.481. The van der Waals surface area contributed by atoms with E-state index in [4.69, 9.17) is 4.74 Å². The number of para-hydroxylation sites is 1. The van der Waals surface area contributed by atoms with Gasteiger partial charge in [-0.3, -0.25) is 4.57 Å². The summed E-state index contributed by atoms with van der Waals surface area (Å²) in [4.78, 5) is 17.2. The number of nitrogens with zero attached hydrogens (tertiary/aromatic N) is 5. The van der Waals surface area contributed by atoms with Gasteiger partial charge in [0.05, 0.1) is 12.7 Å². The Morgan fingerprint density at radius 1 is 1.14 bits per heavy atom. The van der Waals surface area contributed by atoms with Crippen molar-refractivity contribution in [2.45, 2.75) is 0 Å². The molecule has 1 N–H and O–H groups in total. The zero-order valence-corrected chi connectivity index (χ0v) is 11.7. The third-order valence-electron chi connectivity index (χ3n) is 2.93. The molecule has 2 aromatic heterocycles. The largest absolute Gasteiger partial charge is 0.496 e. The topological polar surface area (TPSA) is 77.8 Å². The highest BCUT2D eigenvalue weighted by atomic mass is 16.5. The molecular weight excluding hydrogens is 268 g/mol. The fraction of sp³-hybridized carbons (Fsp3) is 0.143. The molecule has 0 aliphatic carbocycles. The summed E-state index contributed by atoms with van der Waals surface area (Å²) in [6, 6.07) is 7.59. The average Bonchev–Trinajstić information content (AvgIpc) is 3.09. The summed E-state index contributed by atoms with van der Waals surface area (Å²) in [5, 5.41) is 2.94. The van der Waals surface area contributed by atoms with Crippen molar-refractivity contribution >= 4 is 5.95 Å². The number of imidazole rings is 1. The molecule has 2 heterocycles. The van der Waals surface area contributed by atoms with E-state index in [1.165, 1.54) is 0 Å². The first-order valence-electron chi connectivity index (χ1n) is 6.37. The zero-order valence-electron chi connectivity index (χ0n) is 11.7. The van der Waals surface area contributed by atoms with E-state index < -0.39 is 0 Å². The van der Waals surface area contributed by atoms with Gasteiger partial charge in [-0.2, -0.15) is 15.0 Å². The van der Waals surface area contributed by atoms with Gasteiger partial charge in [-0.05, 0) is 12.1 Å². The molecule has 0 bridgehead atoms. The van der Waals surface area contributed by atoms with Crippen molar-refractivity contribution in [1.29, 1.82) is 0 Å². The summed E-state index contributed by atoms with van der Waals surface area (Å²) in [6.07, 6.45) is 5.09. The van der Waals surface area contributed by atoms with Crippen molar-refractivity contribution in [3.8, 4) is 23.1 Å². The minimum absolute atomic E-state index is 0.481. The van der Waals surface area contributed by atoms with Gasteiger partial charge in [0, 0.05) is 19.4 Å². The molecule has 21 heavy (non-hydrogen) atoms. The van der Waals surface area contributed by atoms with Crippen LogP contribution in [0.3, 0.4) is 0 Å². The molecule has 0 aliphatic rings. The van der Waals surface area contributed by atoms with Crippen molar-refractivity contribution in [3.63, 3.8) is 0 Å². The highest BCUT2D eigenvalue weighted by molar-refractivity contribution is 5.65. The predicted molar refractivity (Wildman–Crippen MR) is 78.5 cm³/mol. The van der Waals surface area contributed by atoms with Gasteiger partial charge < -0.3 is 10.1 Å². The Hall–Kier alpha value is -2.96. The molecule has 0 spiro atoms. The van der Waals surface area contributed by atoms with Crippen LogP contribution in [0.15, 0.2) is 43.0 Å². The van der Waals surface area contributed by atoms with E-state index in [0.29, 0.717) is 23.5 Å². The smallest absolute Gasteiger partial charge is 0.240 e. The standard InChI is InChI=1S/C14H14N6O/c1-15-13-17-12(10-5-3-4-6-11(10)21-2)18-14(19-13)20-8-7-16-9-20/h3-9H,1-2H3,(H,15,17,18,19). The van der Waals surface area contributed by atoms with Crippen LogP contribution in [0.1, 0.15) is 0 Å². The Bertz CT molecular complexity index is 741. The second kappa shape index (κ2) is 5.58. The van der Waals surface area contributed by atoms with Gasteiger partial charge in [0.1, 0.15) is 12.1 Å². The Morgan fingerprint density at radius 2 is 2.00 bits per heavy atom. The first-order valence-corrected chi connectivity index (χ1v) is 6.37. The fourth-order valence-electron chi connectivity index (χ4n) is 1.92. The predicted octanol–water partition coefficient (Wildman–Crippen LogP) is 1.77. The lowest BCUT2D eigenvalue weighted by Gasteiger charge is -2.09. The summed E-state index contributed by atoms with van der Waals surface area (Å²) in [5.41, 5.74) is 0.806. The Balaban J connectivity index is 2.16. The molecule has 0 radical (unpaired) electrons. The lowest BCUT2D eigenvalue weighted by atomic mass is 10.2. The molecule has 3 aromatic rings. The van der Waals surface area contributed by atoms with Crippen LogP contribution < -0.4 is 10.1 Å². The molecule has 1 aromatic carbocycles. The normalized spacial score (nSPS) is 10.4. The van der Waals surface area contributed by atoms with Gasteiger partial charge in [-0.15, -0.1) is 0 Å². The van der Waals surface area contributed by atoms with E-state index in [9.17, 15) is 0 Å². The first-order chi connectivity index (χ1) is 10.3. The lowest BCUT2D eigenvalue weighted by Crippen LogP contribution is -2.07. The molecule has 3 rings (SSSR count). The Kier molecular flexibility index (Phi) is 3.46. The summed E-state index contributed by atoms with van der Waals surface area (Å²) in [5.74, 6) is 2.22. The summed E-state index contributed by atoms with van der Waals surface area (Å²) in [6.45, 7) is 0. The van der Waals surface area contributed by atoms with Crippen molar-refractivity contribution in [1.82, 2.24) is 24.5 Å². The fourth-order valence-corrected chi connectivity index (χ4v) is 1.92. The van der Waals surface area contributed by atoms with Crippen LogP contribution in [0, 0.1) is 0 Å². The number of ether oxygens (including phenoxy) is 1. The highest BCUT2D eigenvalue weighted by Crippen LogP contribution is 2.27. The van der Waals surface area contributed by atoms with E-state index >= 15 is 0 Å².